The first-order valence-corrected chi connectivity index (χ1v) is 10.7. The summed E-state index contributed by atoms with van der Waals surface area (Å²) in [5.41, 5.74) is 3.64. The second-order valence-corrected chi connectivity index (χ2v) is 7.62. The Morgan fingerprint density at radius 1 is 0.844 bits per heavy atom. The molecule has 160 valence electrons. The van der Waals surface area contributed by atoms with Crippen LogP contribution in [0.25, 0.3) is 11.3 Å². The van der Waals surface area contributed by atoms with Gasteiger partial charge in [0.15, 0.2) is 0 Å². The van der Waals surface area contributed by atoms with Crippen LogP contribution < -0.4 is 10.9 Å². The molecule has 0 aliphatic rings. The van der Waals surface area contributed by atoms with E-state index >= 15 is 0 Å². The van der Waals surface area contributed by atoms with E-state index in [1.165, 1.54) is 28.1 Å². The first kappa shape index (κ1) is 21.2. The fourth-order valence-corrected chi connectivity index (χ4v) is 3.77. The van der Waals surface area contributed by atoms with Crippen LogP contribution >= 0.6 is 0 Å². The zero-order chi connectivity index (χ0) is 22.2. The largest absolute Gasteiger partial charge is 0.355 e. The molecule has 1 N–H and O–H groups in total. The van der Waals surface area contributed by atoms with Crippen LogP contribution in [-0.2, 0) is 11.3 Å². The lowest BCUT2D eigenvalue weighted by atomic mass is 9.88. The Balaban J connectivity index is 1.38. The van der Waals surface area contributed by atoms with Gasteiger partial charge in [0, 0.05) is 24.1 Å². The minimum absolute atomic E-state index is 0.0533. The Bertz CT molecular complexity index is 1170. The molecule has 1 aromatic heterocycles. The van der Waals surface area contributed by atoms with Crippen molar-refractivity contribution in [2.45, 2.75) is 18.9 Å². The molecule has 0 spiro atoms. The highest BCUT2D eigenvalue weighted by Gasteiger charge is 2.14. The molecule has 0 saturated heterocycles. The van der Waals surface area contributed by atoms with E-state index in [1.807, 2.05) is 66.7 Å². The van der Waals surface area contributed by atoms with Gasteiger partial charge in [-0.2, -0.15) is 0 Å². The lowest BCUT2D eigenvalue weighted by molar-refractivity contribution is -0.121. The minimum atomic E-state index is -0.250. The molecular weight excluding hydrogens is 398 g/mol. The molecule has 5 heteroatoms. The van der Waals surface area contributed by atoms with Gasteiger partial charge in [-0.25, -0.2) is 4.98 Å². The lowest BCUT2D eigenvalue weighted by Crippen LogP contribution is -2.33. The van der Waals surface area contributed by atoms with Gasteiger partial charge in [0.25, 0.3) is 5.56 Å². The summed E-state index contributed by atoms with van der Waals surface area (Å²) in [5, 5.41) is 2.95. The fraction of sp³-hybridized carbons (Fsp3) is 0.148. The number of rotatable bonds is 8. The zero-order valence-corrected chi connectivity index (χ0v) is 17.7. The van der Waals surface area contributed by atoms with Crippen LogP contribution in [0.3, 0.4) is 0 Å². The van der Waals surface area contributed by atoms with Gasteiger partial charge in [-0.3, -0.25) is 14.2 Å². The molecule has 0 unspecified atom stereocenters. The van der Waals surface area contributed by atoms with E-state index in [0.29, 0.717) is 12.2 Å². The second kappa shape index (κ2) is 10.4. The highest BCUT2D eigenvalue weighted by atomic mass is 16.2. The lowest BCUT2D eigenvalue weighted by Gasteiger charge is -2.18. The predicted octanol–water partition coefficient (Wildman–Crippen LogP) is 4.25. The second-order valence-electron chi connectivity index (χ2n) is 7.62. The number of aromatic nitrogens is 2. The number of carbonyl (C=O) groups is 1. The van der Waals surface area contributed by atoms with Crippen LogP contribution in [-0.4, -0.2) is 22.0 Å². The predicted molar refractivity (Wildman–Crippen MR) is 126 cm³/mol. The van der Waals surface area contributed by atoms with Gasteiger partial charge in [0.1, 0.15) is 6.54 Å². The van der Waals surface area contributed by atoms with Crippen molar-refractivity contribution in [3.8, 4) is 11.3 Å². The summed E-state index contributed by atoms with van der Waals surface area (Å²) in [4.78, 5) is 29.3. The molecule has 0 bridgehead atoms. The van der Waals surface area contributed by atoms with Crippen molar-refractivity contribution in [2.24, 2.45) is 0 Å². The Hall–Kier alpha value is -3.99. The van der Waals surface area contributed by atoms with E-state index in [9.17, 15) is 9.59 Å². The summed E-state index contributed by atoms with van der Waals surface area (Å²) >= 11 is 0. The average molecular weight is 424 g/mol. The van der Waals surface area contributed by atoms with Gasteiger partial charge in [-0.15, -0.1) is 0 Å². The van der Waals surface area contributed by atoms with Crippen molar-refractivity contribution in [2.75, 3.05) is 6.54 Å². The Kier molecular flexibility index (Phi) is 6.88. The third-order valence-electron chi connectivity index (χ3n) is 5.42. The molecule has 4 aromatic rings. The molecule has 5 nitrogen and oxygen atoms in total. The third-order valence-corrected chi connectivity index (χ3v) is 5.42. The Morgan fingerprint density at radius 2 is 1.41 bits per heavy atom. The smallest absolute Gasteiger partial charge is 0.254 e. The molecule has 32 heavy (non-hydrogen) atoms. The van der Waals surface area contributed by atoms with Gasteiger partial charge in [0.05, 0.1) is 12.0 Å². The maximum absolute atomic E-state index is 12.5. The number of hydrogen-bond acceptors (Lipinski definition) is 3. The number of benzene rings is 3. The summed E-state index contributed by atoms with van der Waals surface area (Å²) in [5.74, 6) is -0.0199. The van der Waals surface area contributed by atoms with Crippen molar-refractivity contribution in [1.29, 1.82) is 0 Å². The summed E-state index contributed by atoms with van der Waals surface area (Å²) < 4.78 is 1.33. The highest BCUT2D eigenvalue weighted by molar-refractivity contribution is 5.75. The number of amides is 1. The van der Waals surface area contributed by atoms with Gasteiger partial charge >= 0.3 is 0 Å². The van der Waals surface area contributed by atoms with Crippen molar-refractivity contribution >= 4 is 5.91 Å². The van der Waals surface area contributed by atoms with Crippen molar-refractivity contribution < 1.29 is 4.79 Å². The van der Waals surface area contributed by atoms with E-state index in [-0.39, 0.29) is 23.9 Å². The molecule has 3 aromatic carbocycles. The number of nitrogens with one attached hydrogen (secondary N) is 1. The molecule has 4 rings (SSSR count). The first-order valence-electron chi connectivity index (χ1n) is 10.7. The van der Waals surface area contributed by atoms with E-state index in [4.69, 9.17) is 0 Å². The fourth-order valence-electron chi connectivity index (χ4n) is 3.77. The maximum Gasteiger partial charge on any atom is 0.254 e. The third kappa shape index (κ3) is 5.38. The molecule has 0 atom stereocenters. The highest BCUT2D eigenvalue weighted by Crippen LogP contribution is 2.27. The van der Waals surface area contributed by atoms with Crippen molar-refractivity contribution in [1.82, 2.24) is 14.9 Å². The van der Waals surface area contributed by atoms with Crippen LogP contribution in [0, 0.1) is 0 Å². The quantitative estimate of drug-likeness (QED) is 0.461. The minimum Gasteiger partial charge on any atom is -0.355 e. The van der Waals surface area contributed by atoms with Gasteiger partial charge in [-0.1, -0.05) is 91.0 Å². The van der Waals surface area contributed by atoms with Crippen molar-refractivity contribution in [3.63, 3.8) is 0 Å². The zero-order valence-electron chi connectivity index (χ0n) is 17.7. The number of hydrogen-bond donors (Lipinski definition) is 1. The topological polar surface area (TPSA) is 64.0 Å². The molecule has 0 aliphatic carbocycles. The summed E-state index contributed by atoms with van der Waals surface area (Å²) in [6.45, 7) is 0.458. The molecular formula is C27H25N3O2. The molecule has 0 aliphatic heterocycles. The van der Waals surface area contributed by atoms with Crippen LogP contribution in [0.15, 0.2) is 108 Å². The van der Waals surface area contributed by atoms with E-state index in [1.54, 1.807) is 0 Å². The van der Waals surface area contributed by atoms with E-state index in [0.717, 1.165) is 12.0 Å². The number of nitrogens with zero attached hydrogens (tertiary/aromatic N) is 2. The first-order chi connectivity index (χ1) is 15.7. The molecule has 0 fully saturated rings. The molecule has 1 heterocycles. The summed E-state index contributed by atoms with van der Waals surface area (Å²) in [7, 11) is 0. The SMILES string of the molecule is O=C(Cn1cnc(-c2ccccc2)cc1=O)NCCC(c1ccccc1)c1ccccc1. The number of carbonyl (C=O) groups excluding carboxylic acids is 1. The summed E-state index contributed by atoms with van der Waals surface area (Å²) in [6, 6.07) is 31.5. The van der Waals surface area contributed by atoms with Crippen LogP contribution in [0.2, 0.25) is 0 Å². The Labute approximate surface area is 187 Å². The van der Waals surface area contributed by atoms with Gasteiger partial charge in [-0.05, 0) is 17.5 Å². The van der Waals surface area contributed by atoms with Crippen molar-refractivity contribution in [3.05, 3.63) is 125 Å². The average Bonchev–Trinajstić information content (AvgIpc) is 2.85. The monoisotopic (exact) mass is 423 g/mol. The Morgan fingerprint density at radius 3 is 1.97 bits per heavy atom. The molecule has 0 radical (unpaired) electrons. The van der Waals surface area contributed by atoms with E-state index in [2.05, 4.69) is 34.6 Å². The maximum atomic E-state index is 12.5. The van der Waals surface area contributed by atoms with E-state index < -0.39 is 0 Å². The summed E-state index contributed by atoms with van der Waals surface area (Å²) in [6.07, 6.45) is 2.20. The van der Waals surface area contributed by atoms with Crippen LogP contribution in [0.5, 0.6) is 0 Å². The normalized spacial score (nSPS) is 10.8. The van der Waals surface area contributed by atoms with Gasteiger partial charge < -0.3 is 5.32 Å². The van der Waals surface area contributed by atoms with Gasteiger partial charge in [0.2, 0.25) is 5.91 Å². The van der Waals surface area contributed by atoms with Crippen LogP contribution in [0.4, 0.5) is 0 Å². The van der Waals surface area contributed by atoms with Crippen LogP contribution in [0.1, 0.15) is 23.5 Å². The standard InChI is InChI=1S/C27H25N3O2/c31-26(19-30-20-29-25(18-27(30)32)23-14-8-3-9-15-23)28-17-16-24(21-10-4-1-5-11-21)22-12-6-2-7-13-22/h1-15,18,20,24H,16-17,19H2,(H,28,31). The molecule has 1 amide bonds. The molecule has 0 saturated carbocycles.